The van der Waals surface area contributed by atoms with Gasteiger partial charge in [-0.2, -0.15) is 0 Å². The molecule has 0 fully saturated rings. The summed E-state index contributed by atoms with van der Waals surface area (Å²) in [6.45, 7) is -0.0559. The first-order chi connectivity index (χ1) is 5.13. The summed E-state index contributed by atoms with van der Waals surface area (Å²) in [7, 11) is 0. The maximum Gasteiger partial charge on any atom is 0.314 e. The lowest BCUT2D eigenvalue weighted by atomic mass is 10.0. The molecule has 0 rings (SSSR count). The third-order valence-corrected chi connectivity index (χ3v) is 1.34. The summed E-state index contributed by atoms with van der Waals surface area (Å²) in [5.41, 5.74) is 10.1. The third kappa shape index (κ3) is 3.10. The summed E-state index contributed by atoms with van der Waals surface area (Å²) in [5, 5.41) is 8.47. The number of rotatable bonds is 5. The SMILES string of the molecule is NCCC(C(=O)O)C(=O)CN. The minimum Gasteiger partial charge on any atom is -0.481 e. The van der Waals surface area contributed by atoms with E-state index < -0.39 is 17.7 Å². The molecule has 0 aliphatic carbocycles. The van der Waals surface area contributed by atoms with Gasteiger partial charge in [0.25, 0.3) is 0 Å². The van der Waals surface area contributed by atoms with E-state index in [0.29, 0.717) is 0 Å². The summed E-state index contributed by atoms with van der Waals surface area (Å²) in [4.78, 5) is 21.1. The van der Waals surface area contributed by atoms with Crippen molar-refractivity contribution >= 4 is 11.8 Å². The number of carbonyl (C=O) groups is 2. The zero-order chi connectivity index (χ0) is 8.85. The number of hydrogen-bond donors (Lipinski definition) is 3. The number of nitrogens with two attached hydrogens (primary N) is 2. The summed E-state index contributed by atoms with van der Waals surface area (Å²) < 4.78 is 0. The van der Waals surface area contributed by atoms with E-state index in [-0.39, 0.29) is 19.5 Å². The van der Waals surface area contributed by atoms with Gasteiger partial charge in [0.2, 0.25) is 0 Å². The Kier molecular flexibility index (Phi) is 4.40. The first-order valence-corrected chi connectivity index (χ1v) is 3.29. The highest BCUT2D eigenvalue weighted by Gasteiger charge is 2.23. The Labute approximate surface area is 64.4 Å². The number of Topliss-reactive ketones (excluding diaryl/α,β-unsaturated/α-hetero) is 1. The van der Waals surface area contributed by atoms with Gasteiger partial charge in [0.05, 0.1) is 6.54 Å². The number of hydrogen-bond acceptors (Lipinski definition) is 4. The van der Waals surface area contributed by atoms with Gasteiger partial charge in [-0.3, -0.25) is 9.59 Å². The van der Waals surface area contributed by atoms with Gasteiger partial charge in [0, 0.05) is 0 Å². The van der Waals surface area contributed by atoms with Crippen molar-refractivity contribution in [2.75, 3.05) is 13.1 Å². The lowest BCUT2D eigenvalue weighted by molar-refractivity contribution is -0.146. The topological polar surface area (TPSA) is 106 Å². The molecule has 0 amide bonds. The minimum absolute atomic E-state index is 0.158. The van der Waals surface area contributed by atoms with Crippen molar-refractivity contribution in [1.82, 2.24) is 0 Å². The summed E-state index contributed by atoms with van der Waals surface area (Å²) in [6.07, 6.45) is 0.158. The van der Waals surface area contributed by atoms with Gasteiger partial charge >= 0.3 is 5.97 Å². The second-order valence-corrected chi connectivity index (χ2v) is 2.14. The van der Waals surface area contributed by atoms with Crippen LogP contribution in [0.25, 0.3) is 0 Å². The Bertz CT molecular complexity index is 158. The van der Waals surface area contributed by atoms with E-state index in [2.05, 4.69) is 0 Å². The highest BCUT2D eigenvalue weighted by atomic mass is 16.4. The molecule has 5 nitrogen and oxygen atoms in total. The van der Waals surface area contributed by atoms with E-state index in [1.54, 1.807) is 0 Å². The summed E-state index contributed by atoms with van der Waals surface area (Å²) in [5.74, 6) is -2.64. The van der Waals surface area contributed by atoms with Crippen molar-refractivity contribution in [1.29, 1.82) is 0 Å². The molecule has 0 radical (unpaired) electrons. The Morgan fingerprint density at radius 2 is 1.91 bits per heavy atom. The molecule has 0 aliphatic rings. The number of aliphatic carboxylic acids is 1. The maximum absolute atomic E-state index is 10.8. The van der Waals surface area contributed by atoms with Gasteiger partial charge < -0.3 is 16.6 Å². The van der Waals surface area contributed by atoms with E-state index in [0.717, 1.165) is 0 Å². The molecule has 64 valence electrons. The first-order valence-electron chi connectivity index (χ1n) is 3.29. The number of ketones is 1. The highest BCUT2D eigenvalue weighted by Crippen LogP contribution is 2.02. The monoisotopic (exact) mass is 160 g/mol. The fourth-order valence-electron chi connectivity index (χ4n) is 0.731. The lowest BCUT2D eigenvalue weighted by Crippen LogP contribution is -2.31. The predicted molar refractivity (Wildman–Crippen MR) is 38.9 cm³/mol. The van der Waals surface area contributed by atoms with Crippen LogP contribution in [-0.4, -0.2) is 29.9 Å². The van der Waals surface area contributed by atoms with Crippen LogP contribution in [0, 0.1) is 5.92 Å². The van der Waals surface area contributed by atoms with Gasteiger partial charge in [0.1, 0.15) is 5.92 Å². The Morgan fingerprint density at radius 1 is 1.36 bits per heavy atom. The van der Waals surface area contributed by atoms with Crippen LogP contribution in [0.15, 0.2) is 0 Å². The van der Waals surface area contributed by atoms with Crippen molar-refractivity contribution in [2.24, 2.45) is 17.4 Å². The van der Waals surface area contributed by atoms with Crippen LogP contribution in [-0.2, 0) is 9.59 Å². The molecule has 0 aliphatic heterocycles. The van der Waals surface area contributed by atoms with Crippen LogP contribution >= 0.6 is 0 Å². The Hall–Kier alpha value is -0.940. The van der Waals surface area contributed by atoms with E-state index in [4.69, 9.17) is 16.6 Å². The van der Waals surface area contributed by atoms with Gasteiger partial charge in [-0.15, -0.1) is 0 Å². The second-order valence-electron chi connectivity index (χ2n) is 2.14. The molecule has 5 heteroatoms. The first kappa shape index (κ1) is 10.1. The zero-order valence-electron chi connectivity index (χ0n) is 6.12. The van der Waals surface area contributed by atoms with Gasteiger partial charge in [-0.25, -0.2) is 0 Å². The largest absolute Gasteiger partial charge is 0.481 e. The van der Waals surface area contributed by atoms with Crippen LogP contribution in [0.1, 0.15) is 6.42 Å². The van der Waals surface area contributed by atoms with Crippen LogP contribution in [0.4, 0.5) is 0 Å². The number of carboxylic acid groups (broad SMARTS) is 1. The average Bonchev–Trinajstić information content (AvgIpc) is 1.98. The second kappa shape index (κ2) is 4.81. The molecule has 0 aromatic rings. The molecule has 0 heterocycles. The Balaban J connectivity index is 4.09. The van der Waals surface area contributed by atoms with Crippen molar-refractivity contribution in [3.05, 3.63) is 0 Å². The molecule has 0 bridgehead atoms. The lowest BCUT2D eigenvalue weighted by Gasteiger charge is -2.06. The van der Waals surface area contributed by atoms with E-state index >= 15 is 0 Å². The summed E-state index contributed by atoms with van der Waals surface area (Å²) >= 11 is 0. The van der Waals surface area contributed by atoms with Crippen molar-refractivity contribution < 1.29 is 14.7 Å². The maximum atomic E-state index is 10.8. The normalized spacial score (nSPS) is 12.5. The Morgan fingerprint density at radius 3 is 2.18 bits per heavy atom. The molecule has 0 aromatic heterocycles. The fourth-order valence-corrected chi connectivity index (χ4v) is 0.731. The zero-order valence-corrected chi connectivity index (χ0v) is 6.12. The molecule has 11 heavy (non-hydrogen) atoms. The minimum atomic E-state index is -1.15. The van der Waals surface area contributed by atoms with Gasteiger partial charge in [-0.1, -0.05) is 0 Å². The van der Waals surface area contributed by atoms with Crippen molar-refractivity contribution in [3.8, 4) is 0 Å². The average molecular weight is 160 g/mol. The molecule has 1 atom stereocenters. The van der Waals surface area contributed by atoms with Crippen LogP contribution in [0.3, 0.4) is 0 Å². The van der Waals surface area contributed by atoms with Crippen LogP contribution < -0.4 is 11.5 Å². The van der Waals surface area contributed by atoms with Crippen molar-refractivity contribution in [2.45, 2.75) is 6.42 Å². The van der Waals surface area contributed by atoms with Crippen molar-refractivity contribution in [3.63, 3.8) is 0 Å². The molecule has 1 unspecified atom stereocenters. The molecular weight excluding hydrogens is 148 g/mol. The molecule has 0 saturated carbocycles. The molecular formula is C6H12N2O3. The standard InChI is InChI=1S/C6H12N2O3/c7-2-1-4(6(10)11)5(9)3-8/h4H,1-3,7-8H2,(H,10,11). The van der Waals surface area contributed by atoms with Crippen LogP contribution in [0.5, 0.6) is 0 Å². The van der Waals surface area contributed by atoms with Gasteiger partial charge in [-0.05, 0) is 13.0 Å². The van der Waals surface area contributed by atoms with E-state index in [1.807, 2.05) is 0 Å². The smallest absolute Gasteiger partial charge is 0.314 e. The molecule has 0 spiro atoms. The molecule has 0 saturated heterocycles. The van der Waals surface area contributed by atoms with E-state index in [1.165, 1.54) is 0 Å². The van der Waals surface area contributed by atoms with Crippen LogP contribution in [0.2, 0.25) is 0 Å². The number of carboxylic acids is 1. The van der Waals surface area contributed by atoms with E-state index in [9.17, 15) is 9.59 Å². The third-order valence-electron chi connectivity index (χ3n) is 1.34. The quantitative estimate of drug-likeness (QED) is 0.427. The predicted octanol–water partition coefficient (Wildman–Crippen LogP) is -1.44. The summed E-state index contributed by atoms with van der Waals surface area (Å²) in [6, 6.07) is 0. The number of carbonyl (C=O) groups excluding carboxylic acids is 1. The van der Waals surface area contributed by atoms with Gasteiger partial charge in [0.15, 0.2) is 5.78 Å². The molecule has 5 N–H and O–H groups in total. The molecule has 0 aromatic carbocycles. The highest BCUT2D eigenvalue weighted by molar-refractivity contribution is 5.99. The fraction of sp³-hybridized carbons (Fsp3) is 0.667.